The van der Waals surface area contributed by atoms with Crippen LogP contribution in [0.5, 0.6) is 5.75 Å². The molecule has 0 radical (unpaired) electrons. The molecular formula is C18H23N3O. The summed E-state index contributed by atoms with van der Waals surface area (Å²) in [5.41, 5.74) is 1.20. The van der Waals surface area contributed by atoms with E-state index in [1.165, 1.54) is 5.56 Å². The molecule has 116 valence electrons. The van der Waals surface area contributed by atoms with Gasteiger partial charge in [0.2, 0.25) is 0 Å². The zero-order valence-corrected chi connectivity index (χ0v) is 13.2. The van der Waals surface area contributed by atoms with Gasteiger partial charge in [-0.2, -0.15) is 0 Å². The van der Waals surface area contributed by atoms with Crippen LogP contribution in [0.4, 0.5) is 0 Å². The first-order valence-electron chi connectivity index (χ1n) is 7.43. The van der Waals surface area contributed by atoms with Gasteiger partial charge in [-0.25, -0.2) is 4.99 Å². The highest BCUT2D eigenvalue weighted by Gasteiger charge is 2.01. The van der Waals surface area contributed by atoms with Gasteiger partial charge in [-0.05, 0) is 17.7 Å². The van der Waals surface area contributed by atoms with Gasteiger partial charge in [0.05, 0.1) is 13.1 Å². The topological polar surface area (TPSA) is 36.9 Å². The highest BCUT2D eigenvalue weighted by molar-refractivity contribution is 5.79. The third kappa shape index (κ3) is 5.48. The third-order valence-corrected chi connectivity index (χ3v) is 3.07. The van der Waals surface area contributed by atoms with Crippen molar-refractivity contribution in [1.29, 1.82) is 0 Å². The number of guanidine groups is 1. The molecule has 0 spiro atoms. The highest BCUT2D eigenvalue weighted by Crippen LogP contribution is 2.07. The average molecular weight is 297 g/mol. The fourth-order valence-electron chi connectivity index (χ4n) is 1.95. The van der Waals surface area contributed by atoms with Gasteiger partial charge in [0.1, 0.15) is 12.4 Å². The first kappa shape index (κ1) is 15.9. The standard InChI is InChI=1S/C18H23N3O/c1-21(2)18(20-15-16-9-5-3-6-10-16)19-13-14-22-17-11-7-4-8-12-17/h3-12H,13-15H2,1-2H3,(H,19,20). The molecule has 0 saturated carbocycles. The predicted molar refractivity (Wildman–Crippen MR) is 91.2 cm³/mol. The van der Waals surface area contributed by atoms with E-state index < -0.39 is 0 Å². The van der Waals surface area contributed by atoms with E-state index >= 15 is 0 Å². The van der Waals surface area contributed by atoms with Gasteiger partial charge < -0.3 is 15.0 Å². The maximum atomic E-state index is 5.66. The molecular weight excluding hydrogens is 274 g/mol. The summed E-state index contributed by atoms with van der Waals surface area (Å²) in [5.74, 6) is 1.75. The molecule has 0 saturated heterocycles. The van der Waals surface area contributed by atoms with Gasteiger partial charge in [0.25, 0.3) is 0 Å². The van der Waals surface area contributed by atoms with Crippen LogP contribution in [0.2, 0.25) is 0 Å². The average Bonchev–Trinajstić information content (AvgIpc) is 2.55. The Kier molecular flexibility index (Phi) is 6.30. The van der Waals surface area contributed by atoms with Crippen LogP contribution in [-0.2, 0) is 6.54 Å². The normalized spacial score (nSPS) is 11.1. The van der Waals surface area contributed by atoms with E-state index in [2.05, 4.69) is 22.4 Å². The Labute approximate surface area is 132 Å². The molecule has 4 nitrogen and oxygen atoms in total. The van der Waals surface area contributed by atoms with Crippen LogP contribution in [0.3, 0.4) is 0 Å². The van der Waals surface area contributed by atoms with E-state index in [-0.39, 0.29) is 0 Å². The lowest BCUT2D eigenvalue weighted by atomic mass is 10.2. The lowest BCUT2D eigenvalue weighted by Gasteiger charge is -2.18. The molecule has 0 fully saturated rings. The summed E-state index contributed by atoms with van der Waals surface area (Å²) in [6.07, 6.45) is 0. The number of ether oxygens (including phenoxy) is 1. The van der Waals surface area contributed by atoms with Crippen LogP contribution in [0.15, 0.2) is 65.7 Å². The van der Waals surface area contributed by atoms with Crippen molar-refractivity contribution in [2.24, 2.45) is 4.99 Å². The zero-order valence-electron chi connectivity index (χ0n) is 13.2. The Morgan fingerprint density at radius 1 is 1.00 bits per heavy atom. The van der Waals surface area contributed by atoms with Crippen LogP contribution >= 0.6 is 0 Å². The van der Waals surface area contributed by atoms with Crippen molar-refractivity contribution in [2.75, 3.05) is 27.2 Å². The molecule has 0 amide bonds. The van der Waals surface area contributed by atoms with E-state index in [0.717, 1.165) is 11.7 Å². The molecule has 0 atom stereocenters. The lowest BCUT2D eigenvalue weighted by molar-refractivity contribution is 0.320. The molecule has 0 aliphatic rings. The quantitative estimate of drug-likeness (QED) is 0.506. The summed E-state index contributed by atoms with van der Waals surface area (Å²) in [6.45, 7) is 1.98. The second kappa shape index (κ2) is 8.72. The fourth-order valence-corrected chi connectivity index (χ4v) is 1.95. The SMILES string of the molecule is CN(C)C(=NCc1ccccc1)NCCOc1ccccc1. The van der Waals surface area contributed by atoms with Crippen LogP contribution in [0, 0.1) is 0 Å². The number of rotatable bonds is 6. The van der Waals surface area contributed by atoms with Crippen molar-refractivity contribution in [1.82, 2.24) is 10.2 Å². The number of nitrogens with zero attached hydrogens (tertiary/aromatic N) is 2. The number of aliphatic imine (C=N–C) groups is 1. The van der Waals surface area contributed by atoms with Crippen molar-refractivity contribution < 1.29 is 4.74 Å². The third-order valence-electron chi connectivity index (χ3n) is 3.07. The summed E-state index contributed by atoms with van der Waals surface area (Å²) >= 11 is 0. The van der Waals surface area contributed by atoms with E-state index in [1.54, 1.807) is 0 Å². The molecule has 0 aliphatic heterocycles. The minimum atomic E-state index is 0.599. The lowest BCUT2D eigenvalue weighted by Crippen LogP contribution is -2.38. The second-order valence-corrected chi connectivity index (χ2v) is 5.11. The van der Waals surface area contributed by atoms with E-state index in [1.807, 2.05) is 67.5 Å². The molecule has 0 aliphatic carbocycles. The van der Waals surface area contributed by atoms with E-state index in [9.17, 15) is 0 Å². The predicted octanol–water partition coefficient (Wildman–Crippen LogP) is 2.77. The molecule has 2 rings (SSSR count). The molecule has 0 heterocycles. The largest absolute Gasteiger partial charge is 0.492 e. The van der Waals surface area contributed by atoms with Gasteiger partial charge in [0, 0.05) is 14.1 Å². The van der Waals surface area contributed by atoms with Crippen molar-refractivity contribution in [3.8, 4) is 5.75 Å². The van der Waals surface area contributed by atoms with Gasteiger partial charge >= 0.3 is 0 Å². The van der Waals surface area contributed by atoms with Crippen molar-refractivity contribution >= 4 is 5.96 Å². The number of hydrogen-bond acceptors (Lipinski definition) is 2. The summed E-state index contributed by atoms with van der Waals surface area (Å²) < 4.78 is 5.66. The van der Waals surface area contributed by atoms with E-state index in [4.69, 9.17) is 4.74 Å². The minimum Gasteiger partial charge on any atom is -0.492 e. The van der Waals surface area contributed by atoms with Crippen LogP contribution in [-0.4, -0.2) is 38.1 Å². The first-order valence-corrected chi connectivity index (χ1v) is 7.43. The van der Waals surface area contributed by atoms with Crippen LogP contribution < -0.4 is 10.1 Å². The summed E-state index contributed by atoms with van der Waals surface area (Å²) in [4.78, 5) is 6.59. The second-order valence-electron chi connectivity index (χ2n) is 5.11. The van der Waals surface area contributed by atoms with Crippen molar-refractivity contribution in [3.63, 3.8) is 0 Å². The Balaban J connectivity index is 1.79. The molecule has 4 heteroatoms. The molecule has 0 unspecified atom stereocenters. The van der Waals surface area contributed by atoms with E-state index in [0.29, 0.717) is 19.7 Å². The fraction of sp³-hybridized carbons (Fsp3) is 0.278. The Hall–Kier alpha value is -2.49. The molecule has 2 aromatic carbocycles. The summed E-state index contributed by atoms with van der Waals surface area (Å²) in [6, 6.07) is 20.1. The van der Waals surface area contributed by atoms with Crippen LogP contribution in [0.25, 0.3) is 0 Å². The Bertz CT molecular complexity index is 567. The molecule has 2 aromatic rings. The maximum Gasteiger partial charge on any atom is 0.193 e. The molecule has 0 aromatic heterocycles. The molecule has 22 heavy (non-hydrogen) atoms. The number of hydrogen-bond donors (Lipinski definition) is 1. The highest BCUT2D eigenvalue weighted by atomic mass is 16.5. The maximum absolute atomic E-state index is 5.66. The number of benzene rings is 2. The molecule has 1 N–H and O–H groups in total. The zero-order chi connectivity index (χ0) is 15.6. The summed E-state index contributed by atoms with van der Waals surface area (Å²) in [7, 11) is 3.96. The summed E-state index contributed by atoms with van der Waals surface area (Å²) in [5, 5.41) is 3.31. The smallest absolute Gasteiger partial charge is 0.193 e. The Morgan fingerprint density at radius 3 is 2.27 bits per heavy atom. The van der Waals surface area contributed by atoms with Crippen LogP contribution in [0.1, 0.15) is 5.56 Å². The number of para-hydroxylation sites is 1. The minimum absolute atomic E-state index is 0.599. The first-order chi connectivity index (χ1) is 10.8. The number of nitrogens with one attached hydrogen (secondary N) is 1. The monoisotopic (exact) mass is 297 g/mol. The van der Waals surface area contributed by atoms with Gasteiger partial charge in [-0.1, -0.05) is 48.5 Å². The Morgan fingerprint density at radius 2 is 1.64 bits per heavy atom. The van der Waals surface area contributed by atoms with Crippen molar-refractivity contribution in [2.45, 2.75) is 6.54 Å². The van der Waals surface area contributed by atoms with Crippen molar-refractivity contribution in [3.05, 3.63) is 66.2 Å². The molecule has 0 bridgehead atoms. The van der Waals surface area contributed by atoms with Gasteiger partial charge in [0.15, 0.2) is 5.96 Å². The van der Waals surface area contributed by atoms with Gasteiger partial charge in [-0.15, -0.1) is 0 Å². The van der Waals surface area contributed by atoms with Gasteiger partial charge in [-0.3, -0.25) is 0 Å².